The number of aliphatic hydroxyl groups is 2. The Hall–Kier alpha value is -2.99. The first-order valence-corrected chi connectivity index (χ1v) is 18.9. The minimum absolute atomic E-state index is 0.0492. The lowest BCUT2D eigenvalue weighted by molar-refractivity contribution is -0.274. The molecule has 8 rings (SSSR count). The number of carbonyl (C=O) groups excluding carboxylic acids is 1. The monoisotopic (exact) mass is 699 g/mol. The Balaban J connectivity index is 1.26. The quantitative estimate of drug-likeness (QED) is 0.232. The third-order valence-corrected chi connectivity index (χ3v) is 14.6. The van der Waals surface area contributed by atoms with Crippen molar-refractivity contribution in [2.45, 2.75) is 83.4 Å². The lowest BCUT2D eigenvalue weighted by Gasteiger charge is -2.71. The van der Waals surface area contributed by atoms with E-state index in [9.17, 15) is 36.6 Å². The summed E-state index contributed by atoms with van der Waals surface area (Å²) in [5.41, 5.74) is -1.80. The van der Waals surface area contributed by atoms with Crippen LogP contribution in [0.1, 0.15) is 74.7 Å². The maximum atomic E-state index is 14.6. The highest BCUT2D eigenvalue weighted by Crippen LogP contribution is 2.78. The van der Waals surface area contributed by atoms with Gasteiger partial charge in [-0.05, 0) is 79.9 Å². The molecule has 2 aromatic carbocycles. The number of hydrogen-bond donors (Lipinski definition) is 2. The topological polar surface area (TPSA) is 104 Å². The number of hydrogen-bond acceptors (Lipinski definition) is 6. The van der Waals surface area contributed by atoms with E-state index in [1.165, 1.54) is 16.4 Å². The van der Waals surface area contributed by atoms with Gasteiger partial charge in [0.25, 0.3) is 0 Å². The van der Waals surface area contributed by atoms with Crippen LogP contribution >= 0.6 is 0 Å². The molecule has 11 heteroatoms. The van der Waals surface area contributed by atoms with Gasteiger partial charge in [-0.3, -0.25) is 4.79 Å². The summed E-state index contributed by atoms with van der Waals surface area (Å²) >= 11 is 0. The Morgan fingerprint density at radius 2 is 1.57 bits per heavy atom. The van der Waals surface area contributed by atoms with Crippen molar-refractivity contribution < 1.29 is 41.3 Å². The van der Waals surface area contributed by atoms with Crippen LogP contribution in [0.4, 0.5) is 13.2 Å². The first-order chi connectivity index (χ1) is 22.9. The van der Waals surface area contributed by atoms with Crippen molar-refractivity contribution in [3.8, 4) is 5.75 Å². The van der Waals surface area contributed by atoms with E-state index in [-0.39, 0.29) is 36.1 Å². The molecule has 2 spiro atoms. The molecule has 2 bridgehead atoms. The third kappa shape index (κ3) is 5.24. The van der Waals surface area contributed by atoms with Crippen molar-refractivity contribution in [1.29, 1.82) is 0 Å². The number of ketones is 1. The number of fused-ring (bicyclic) bond motifs is 1. The lowest BCUT2D eigenvalue weighted by atomic mass is 9.32. The Bertz CT molecular complexity index is 1810. The van der Waals surface area contributed by atoms with Gasteiger partial charge in [0.05, 0.1) is 18.0 Å². The number of Topliss-reactive ketones (excluding diaryl/α,β-unsaturated/α-hetero) is 1. The summed E-state index contributed by atoms with van der Waals surface area (Å²) in [6.45, 7) is 4.02. The molecule has 0 aliphatic heterocycles. The fourth-order valence-corrected chi connectivity index (χ4v) is 11.8. The fraction of sp³-hybridized carbons (Fsp3) is 0.553. The molecule has 8 unspecified atom stereocenters. The van der Waals surface area contributed by atoms with Crippen LogP contribution in [0.25, 0.3) is 0 Å². The highest BCUT2D eigenvalue weighted by molar-refractivity contribution is 7.88. The van der Waals surface area contributed by atoms with E-state index in [1.54, 1.807) is 0 Å². The van der Waals surface area contributed by atoms with Crippen molar-refractivity contribution in [3.63, 3.8) is 0 Å². The molecule has 0 aromatic heterocycles. The molecule has 2 N–H and O–H groups in total. The number of sulfonamides is 1. The van der Waals surface area contributed by atoms with Crippen LogP contribution in [-0.4, -0.2) is 59.6 Å². The Morgan fingerprint density at radius 3 is 2.22 bits per heavy atom. The van der Waals surface area contributed by atoms with E-state index >= 15 is 0 Å². The van der Waals surface area contributed by atoms with Gasteiger partial charge in [0.2, 0.25) is 10.0 Å². The molecule has 3 fully saturated rings. The van der Waals surface area contributed by atoms with E-state index in [0.29, 0.717) is 43.2 Å². The standard InChI is InChI=1S/C38H44F3NO6S/c1-33-16-13-27(43)21-35(33)19-20-37(29(22-35)32(44)26-7-5-4-6-8-26)30(33)14-17-34(2)31(37)15-18-36(34,45)24-42(49(3,46)47)23-25-9-11-28(12-10-25)48-38(39,40)41/h4-12,19-20,22,27,30-31,43,45H,13-18,21,23-24H2,1-3H3. The number of halogens is 3. The SMILES string of the molecule is CC12CCC(O)CC13C=CC1(C(C(=O)c4ccccc4)=C3)C2CCC2(C)C1CCC2(O)CN(Cc1ccc(OC(F)(F)F)cc1)S(C)(=O)=O. The summed E-state index contributed by atoms with van der Waals surface area (Å²) in [5, 5.41) is 23.6. The molecule has 7 nitrogen and oxygen atoms in total. The predicted octanol–water partition coefficient (Wildman–Crippen LogP) is 6.82. The summed E-state index contributed by atoms with van der Waals surface area (Å²) < 4.78 is 69.7. The zero-order valence-corrected chi connectivity index (χ0v) is 28.9. The lowest BCUT2D eigenvalue weighted by Crippen LogP contribution is -2.67. The van der Waals surface area contributed by atoms with Crippen molar-refractivity contribution in [2.24, 2.45) is 33.5 Å². The number of carbonyl (C=O) groups is 1. The van der Waals surface area contributed by atoms with Gasteiger partial charge >= 0.3 is 6.36 Å². The second kappa shape index (κ2) is 11.3. The largest absolute Gasteiger partial charge is 0.573 e. The smallest absolute Gasteiger partial charge is 0.406 e. The second-order valence-electron chi connectivity index (χ2n) is 15.7. The van der Waals surface area contributed by atoms with Gasteiger partial charge in [0, 0.05) is 40.5 Å². The highest BCUT2D eigenvalue weighted by Gasteiger charge is 2.74. The Kier molecular flexibility index (Phi) is 7.91. The minimum atomic E-state index is -4.85. The maximum Gasteiger partial charge on any atom is 0.573 e. The molecule has 264 valence electrons. The zero-order chi connectivity index (χ0) is 35.3. The molecule has 0 heterocycles. The van der Waals surface area contributed by atoms with Crippen molar-refractivity contribution >= 4 is 15.8 Å². The number of rotatable bonds is 8. The highest BCUT2D eigenvalue weighted by atomic mass is 32.2. The number of allylic oxidation sites excluding steroid dienone is 4. The number of alkyl halides is 3. The predicted molar refractivity (Wildman–Crippen MR) is 178 cm³/mol. The minimum Gasteiger partial charge on any atom is -0.406 e. The van der Waals surface area contributed by atoms with Gasteiger partial charge in [-0.1, -0.05) is 74.5 Å². The normalized spacial score (nSPS) is 38.1. The number of ether oxygens (including phenoxy) is 1. The van der Waals surface area contributed by atoms with Gasteiger partial charge in [-0.2, -0.15) is 4.31 Å². The van der Waals surface area contributed by atoms with Gasteiger partial charge in [0.1, 0.15) is 5.75 Å². The summed E-state index contributed by atoms with van der Waals surface area (Å²) in [6, 6.07) is 14.3. The molecule has 0 radical (unpaired) electrons. The Labute approximate surface area is 285 Å². The van der Waals surface area contributed by atoms with Gasteiger partial charge in [0.15, 0.2) is 5.78 Å². The van der Waals surface area contributed by atoms with Gasteiger partial charge in [-0.25, -0.2) is 8.42 Å². The molecule has 49 heavy (non-hydrogen) atoms. The average Bonchev–Trinajstić information content (AvgIpc) is 3.30. The van der Waals surface area contributed by atoms with Crippen molar-refractivity contribution in [3.05, 3.63) is 89.5 Å². The average molecular weight is 700 g/mol. The number of aliphatic hydroxyl groups excluding tert-OH is 1. The van der Waals surface area contributed by atoms with Crippen molar-refractivity contribution in [2.75, 3.05) is 12.8 Å². The van der Waals surface area contributed by atoms with E-state index in [2.05, 4.69) is 29.9 Å². The van der Waals surface area contributed by atoms with Crippen LogP contribution in [-0.2, 0) is 16.6 Å². The third-order valence-electron chi connectivity index (χ3n) is 13.4. The first-order valence-electron chi connectivity index (χ1n) is 17.1. The summed E-state index contributed by atoms with van der Waals surface area (Å²) in [5.74, 6) is -0.531. The molecular weight excluding hydrogens is 655 g/mol. The van der Waals surface area contributed by atoms with Gasteiger partial charge < -0.3 is 14.9 Å². The van der Waals surface area contributed by atoms with Crippen molar-refractivity contribution in [1.82, 2.24) is 4.31 Å². The van der Waals surface area contributed by atoms with Crippen LogP contribution in [0.2, 0.25) is 0 Å². The van der Waals surface area contributed by atoms with Crippen LogP contribution in [0.15, 0.2) is 78.4 Å². The molecular formula is C38H44F3NO6S. The number of benzene rings is 2. The van der Waals surface area contributed by atoms with Crippen LogP contribution in [0, 0.1) is 33.5 Å². The fourth-order valence-electron chi connectivity index (χ4n) is 10.9. The molecule has 6 aliphatic rings. The molecule has 0 amide bonds. The summed E-state index contributed by atoms with van der Waals surface area (Å²) in [4.78, 5) is 14.6. The molecule has 2 aromatic rings. The van der Waals surface area contributed by atoms with E-state index in [1.807, 2.05) is 37.3 Å². The van der Waals surface area contributed by atoms with Crippen LogP contribution in [0.5, 0.6) is 5.75 Å². The molecule has 3 saturated carbocycles. The van der Waals surface area contributed by atoms with E-state index < -0.39 is 50.1 Å². The second-order valence-corrected chi connectivity index (χ2v) is 17.7. The van der Waals surface area contributed by atoms with E-state index in [4.69, 9.17) is 0 Å². The number of nitrogens with zero attached hydrogens (tertiary/aromatic N) is 1. The van der Waals surface area contributed by atoms with Crippen LogP contribution < -0.4 is 4.74 Å². The van der Waals surface area contributed by atoms with E-state index in [0.717, 1.165) is 36.8 Å². The summed E-state index contributed by atoms with van der Waals surface area (Å²) in [7, 11) is -3.86. The maximum absolute atomic E-state index is 14.6. The zero-order valence-electron chi connectivity index (χ0n) is 28.0. The first kappa shape index (κ1) is 34.5. The summed E-state index contributed by atoms with van der Waals surface area (Å²) in [6.07, 6.45) is 6.70. The molecule has 8 atom stereocenters. The molecule has 6 aliphatic carbocycles. The molecule has 0 saturated heterocycles. The van der Waals surface area contributed by atoms with Gasteiger partial charge in [-0.15, -0.1) is 13.2 Å². The Morgan fingerprint density at radius 1 is 0.939 bits per heavy atom. The van der Waals surface area contributed by atoms with Crippen LogP contribution in [0.3, 0.4) is 0 Å².